The molecule has 5 heteroatoms. The molecule has 3 atom stereocenters. The predicted molar refractivity (Wildman–Crippen MR) is 102 cm³/mol. The van der Waals surface area contributed by atoms with Crippen LogP contribution in [0.3, 0.4) is 0 Å². The number of benzene rings is 1. The quantitative estimate of drug-likeness (QED) is 0.886. The minimum atomic E-state index is 0. The first-order valence-electron chi connectivity index (χ1n) is 8.96. The van der Waals surface area contributed by atoms with Gasteiger partial charge < -0.3 is 15.5 Å². The summed E-state index contributed by atoms with van der Waals surface area (Å²) < 4.78 is 0. The third-order valence-corrected chi connectivity index (χ3v) is 5.60. The molecule has 0 bridgehead atoms. The monoisotopic (exact) mass is 351 g/mol. The van der Waals surface area contributed by atoms with Crippen molar-refractivity contribution in [2.24, 2.45) is 17.6 Å². The molecule has 1 saturated heterocycles. The van der Waals surface area contributed by atoms with Gasteiger partial charge in [-0.3, -0.25) is 4.79 Å². The fourth-order valence-electron chi connectivity index (χ4n) is 4.04. The second-order valence-electron chi connectivity index (χ2n) is 7.20. The summed E-state index contributed by atoms with van der Waals surface area (Å²) in [7, 11) is 2.11. The van der Waals surface area contributed by atoms with Gasteiger partial charge in [0.1, 0.15) is 0 Å². The highest BCUT2D eigenvalue weighted by molar-refractivity contribution is 5.94. The molecule has 134 valence electrons. The molecule has 1 amide bonds. The number of nitrogens with two attached hydrogens (primary N) is 1. The van der Waals surface area contributed by atoms with Gasteiger partial charge in [-0.25, -0.2) is 0 Å². The average Bonchev–Trinajstić information content (AvgIpc) is 3.14. The molecule has 2 fully saturated rings. The molecule has 1 saturated carbocycles. The lowest BCUT2D eigenvalue weighted by Crippen LogP contribution is -2.33. The Morgan fingerprint density at radius 1 is 1.25 bits per heavy atom. The Kier molecular flexibility index (Phi) is 6.53. The van der Waals surface area contributed by atoms with Crippen molar-refractivity contribution in [1.29, 1.82) is 0 Å². The first kappa shape index (κ1) is 19.1. The van der Waals surface area contributed by atoms with E-state index in [4.69, 9.17) is 5.73 Å². The highest BCUT2D eigenvalue weighted by Crippen LogP contribution is 2.37. The van der Waals surface area contributed by atoms with Gasteiger partial charge in [0.05, 0.1) is 0 Å². The van der Waals surface area contributed by atoms with Crippen molar-refractivity contribution in [3.05, 3.63) is 29.8 Å². The van der Waals surface area contributed by atoms with Gasteiger partial charge in [0, 0.05) is 44.0 Å². The zero-order valence-corrected chi connectivity index (χ0v) is 15.6. The number of fused-ring (bicyclic) bond motifs is 1. The van der Waals surface area contributed by atoms with Crippen LogP contribution in [-0.4, -0.2) is 43.5 Å². The Balaban J connectivity index is 0.00000208. The number of hydrogen-bond donors (Lipinski definition) is 1. The number of anilines is 1. The molecule has 2 N–H and O–H groups in total. The van der Waals surface area contributed by atoms with Gasteiger partial charge in [0.2, 0.25) is 0 Å². The van der Waals surface area contributed by atoms with Gasteiger partial charge in [-0.05, 0) is 55.4 Å². The molecule has 24 heavy (non-hydrogen) atoms. The van der Waals surface area contributed by atoms with Crippen LogP contribution >= 0.6 is 12.4 Å². The molecular formula is C19H30ClN3O. The van der Waals surface area contributed by atoms with Crippen molar-refractivity contribution in [2.75, 3.05) is 31.6 Å². The number of hydrogen-bond acceptors (Lipinski definition) is 3. The fourth-order valence-corrected chi connectivity index (χ4v) is 4.04. The van der Waals surface area contributed by atoms with Crippen molar-refractivity contribution < 1.29 is 4.79 Å². The second kappa shape index (κ2) is 8.21. The number of carbonyl (C=O) groups excluding carboxylic acids is 1. The van der Waals surface area contributed by atoms with Crippen LogP contribution < -0.4 is 10.6 Å². The average molecular weight is 352 g/mol. The van der Waals surface area contributed by atoms with Crippen LogP contribution in [0.1, 0.15) is 43.0 Å². The lowest BCUT2D eigenvalue weighted by Gasteiger charge is -2.21. The number of rotatable bonds is 5. The van der Waals surface area contributed by atoms with Crippen LogP contribution in [0.25, 0.3) is 0 Å². The molecule has 0 radical (unpaired) electrons. The third-order valence-electron chi connectivity index (χ3n) is 5.60. The summed E-state index contributed by atoms with van der Waals surface area (Å²) in [5.41, 5.74) is 8.14. The third kappa shape index (κ3) is 3.86. The smallest absolute Gasteiger partial charge is 0.253 e. The Morgan fingerprint density at radius 2 is 1.96 bits per heavy atom. The maximum absolute atomic E-state index is 12.7. The predicted octanol–water partition coefficient (Wildman–Crippen LogP) is 3.15. The van der Waals surface area contributed by atoms with Gasteiger partial charge in [0.15, 0.2) is 0 Å². The molecule has 1 heterocycles. The van der Waals surface area contributed by atoms with E-state index in [0.29, 0.717) is 11.8 Å². The summed E-state index contributed by atoms with van der Waals surface area (Å²) in [6.07, 6.45) is 4.68. The van der Waals surface area contributed by atoms with Gasteiger partial charge in [0.25, 0.3) is 5.91 Å². The fraction of sp³-hybridized carbons (Fsp3) is 0.632. The molecule has 1 aliphatic carbocycles. The van der Waals surface area contributed by atoms with E-state index in [1.54, 1.807) is 0 Å². The first-order valence-corrected chi connectivity index (χ1v) is 8.96. The molecular weight excluding hydrogens is 322 g/mol. The van der Waals surface area contributed by atoms with Crippen LogP contribution in [0.15, 0.2) is 24.3 Å². The largest absolute Gasteiger partial charge is 0.375 e. The van der Waals surface area contributed by atoms with Crippen molar-refractivity contribution in [3.63, 3.8) is 0 Å². The standard InChI is InChI=1S/C19H29N3O.ClH/c1-3-4-11-21(2)16-8-5-14(6-9-16)19(23)22-12-15-7-10-18(20)17(15)13-22;/h5-6,8-9,15,17-18H,3-4,7,10-13,20H2,1-2H3;1H. The summed E-state index contributed by atoms with van der Waals surface area (Å²) in [6.45, 7) is 4.97. The molecule has 1 aromatic rings. The molecule has 0 aromatic heterocycles. The zero-order valence-electron chi connectivity index (χ0n) is 14.8. The highest BCUT2D eigenvalue weighted by atomic mass is 35.5. The van der Waals surface area contributed by atoms with E-state index < -0.39 is 0 Å². The summed E-state index contributed by atoms with van der Waals surface area (Å²) in [4.78, 5) is 17.0. The molecule has 1 aliphatic heterocycles. The van der Waals surface area contributed by atoms with Crippen LogP contribution in [-0.2, 0) is 0 Å². The molecule has 0 spiro atoms. The Hall–Kier alpha value is -1.26. The van der Waals surface area contributed by atoms with E-state index in [-0.39, 0.29) is 24.4 Å². The van der Waals surface area contributed by atoms with E-state index in [9.17, 15) is 4.79 Å². The molecule has 1 aromatic carbocycles. The van der Waals surface area contributed by atoms with E-state index in [2.05, 4.69) is 31.0 Å². The molecule has 3 unspecified atom stereocenters. The van der Waals surface area contributed by atoms with Gasteiger partial charge in [-0.2, -0.15) is 0 Å². The van der Waals surface area contributed by atoms with Crippen molar-refractivity contribution in [1.82, 2.24) is 4.90 Å². The lowest BCUT2D eigenvalue weighted by molar-refractivity contribution is 0.0779. The maximum atomic E-state index is 12.7. The van der Waals surface area contributed by atoms with Gasteiger partial charge >= 0.3 is 0 Å². The maximum Gasteiger partial charge on any atom is 0.253 e. The minimum Gasteiger partial charge on any atom is -0.375 e. The van der Waals surface area contributed by atoms with Crippen LogP contribution in [0.2, 0.25) is 0 Å². The number of unbranched alkanes of at least 4 members (excludes halogenated alkanes) is 1. The molecule has 4 nitrogen and oxygen atoms in total. The summed E-state index contributed by atoms with van der Waals surface area (Å²) in [5.74, 6) is 1.29. The SMILES string of the molecule is CCCCN(C)c1ccc(C(=O)N2CC3CCC(N)C3C2)cc1.Cl. The highest BCUT2D eigenvalue weighted by Gasteiger charge is 2.42. The van der Waals surface area contributed by atoms with Crippen molar-refractivity contribution >= 4 is 24.0 Å². The minimum absolute atomic E-state index is 0. The summed E-state index contributed by atoms with van der Waals surface area (Å²) in [5, 5.41) is 0. The number of likely N-dealkylation sites (tertiary alicyclic amines) is 1. The van der Waals surface area contributed by atoms with Crippen LogP contribution in [0, 0.1) is 11.8 Å². The van der Waals surface area contributed by atoms with Crippen molar-refractivity contribution in [3.8, 4) is 0 Å². The topological polar surface area (TPSA) is 49.6 Å². The number of halogens is 1. The van der Waals surface area contributed by atoms with Crippen LogP contribution in [0.4, 0.5) is 5.69 Å². The first-order chi connectivity index (χ1) is 11.1. The Morgan fingerprint density at radius 3 is 2.58 bits per heavy atom. The summed E-state index contributed by atoms with van der Waals surface area (Å²) >= 11 is 0. The van der Waals surface area contributed by atoms with E-state index in [1.807, 2.05) is 17.0 Å². The molecule has 2 aliphatic rings. The summed E-state index contributed by atoms with van der Waals surface area (Å²) in [6, 6.07) is 8.34. The van der Waals surface area contributed by atoms with E-state index in [0.717, 1.165) is 31.6 Å². The van der Waals surface area contributed by atoms with Crippen molar-refractivity contribution in [2.45, 2.75) is 38.6 Å². The van der Waals surface area contributed by atoms with Gasteiger partial charge in [-0.15, -0.1) is 12.4 Å². The second-order valence-corrected chi connectivity index (χ2v) is 7.20. The Bertz CT molecular complexity index is 548. The van der Waals surface area contributed by atoms with E-state index in [1.165, 1.54) is 24.9 Å². The lowest BCUT2D eigenvalue weighted by atomic mass is 9.98. The molecule has 3 rings (SSSR count). The Labute approximate surface area is 151 Å². The van der Waals surface area contributed by atoms with Crippen LogP contribution in [0.5, 0.6) is 0 Å². The number of amides is 1. The van der Waals surface area contributed by atoms with E-state index >= 15 is 0 Å². The van der Waals surface area contributed by atoms with Gasteiger partial charge in [-0.1, -0.05) is 13.3 Å². The number of carbonyl (C=O) groups is 1. The zero-order chi connectivity index (χ0) is 16.4. The number of nitrogens with zero attached hydrogens (tertiary/aromatic N) is 2. The normalized spacial score (nSPS) is 25.3.